The quantitative estimate of drug-likeness (QED) is 0.666. The lowest BCUT2D eigenvalue weighted by molar-refractivity contribution is 0.111. The van der Waals surface area contributed by atoms with Gasteiger partial charge in [0.15, 0.2) is 0 Å². The van der Waals surface area contributed by atoms with Crippen LogP contribution in [0, 0.1) is 6.92 Å². The highest BCUT2D eigenvalue weighted by Crippen LogP contribution is 2.18. The molecular weight excluding hydrogens is 248 g/mol. The standard InChI is InChI=1S/C17H30N2O/c1-5-18-17(16-11-9-8-10-15(16)4)14-19(6-2)12-13-20-7-3/h8-11,17-18H,5-7,12-14H2,1-4H3. The molecule has 114 valence electrons. The molecule has 3 heteroatoms. The van der Waals surface area contributed by atoms with E-state index in [1.54, 1.807) is 0 Å². The lowest BCUT2D eigenvalue weighted by atomic mass is 10.0. The van der Waals surface area contributed by atoms with Gasteiger partial charge in [0.25, 0.3) is 0 Å². The summed E-state index contributed by atoms with van der Waals surface area (Å²) in [5.74, 6) is 0. The van der Waals surface area contributed by atoms with Gasteiger partial charge in [-0.25, -0.2) is 0 Å². The van der Waals surface area contributed by atoms with Gasteiger partial charge in [0.1, 0.15) is 0 Å². The van der Waals surface area contributed by atoms with Crippen LogP contribution < -0.4 is 5.32 Å². The first-order valence-corrected chi connectivity index (χ1v) is 7.81. The van der Waals surface area contributed by atoms with Gasteiger partial charge in [-0.05, 0) is 38.1 Å². The van der Waals surface area contributed by atoms with E-state index in [1.165, 1.54) is 11.1 Å². The minimum Gasteiger partial charge on any atom is -0.380 e. The lowest BCUT2D eigenvalue weighted by Crippen LogP contribution is -2.37. The smallest absolute Gasteiger partial charge is 0.0593 e. The summed E-state index contributed by atoms with van der Waals surface area (Å²) in [6.45, 7) is 14.3. The Bertz CT molecular complexity index is 368. The van der Waals surface area contributed by atoms with Crippen molar-refractivity contribution in [1.29, 1.82) is 0 Å². The molecule has 0 heterocycles. The molecule has 1 N–H and O–H groups in total. The average molecular weight is 278 g/mol. The van der Waals surface area contributed by atoms with Gasteiger partial charge in [-0.1, -0.05) is 38.1 Å². The first-order chi connectivity index (χ1) is 9.72. The molecule has 20 heavy (non-hydrogen) atoms. The summed E-state index contributed by atoms with van der Waals surface area (Å²) in [7, 11) is 0. The monoisotopic (exact) mass is 278 g/mol. The number of rotatable bonds is 10. The Labute approximate surface area is 124 Å². The van der Waals surface area contributed by atoms with E-state index in [4.69, 9.17) is 4.74 Å². The minimum absolute atomic E-state index is 0.391. The highest BCUT2D eigenvalue weighted by Gasteiger charge is 2.15. The highest BCUT2D eigenvalue weighted by atomic mass is 16.5. The van der Waals surface area contributed by atoms with Crippen LogP contribution in [-0.2, 0) is 4.74 Å². The normalized spacial score (nSPS) is 12.8. The van der Waals surface area contributed by atoms with Crippen LogP contribution in [-0.4, -0.2) is 44.3 Å². The van der Waals surface area contributed by atoms with Crippen molar-refractivity contribution in [3.63, 3.8) is 0 Å². The molecule has 1 rings (SSSR count). The summed E-state index contributed by atoms with van der Waals surface area (Å²) in [5.41, 5.74) is 2.77. The average Bonchev–Trinajstić information content (AvgIpc) is 2.46. The molecule has 1 aromatic carbocycles. The molecule has 1 atom stereocenters. The molecular formula is C17H30N2O. The number of nitrogens with zero attached hydrogens (tertiary/aromatic N) is 1. The molecule has 0 aliphatic heterocycles. The highest BCUT2D eigenvalue weighted by molar-refractivity contribution is 5.29. The van der Waals surface area contributed by atoms with Gasteiger partial charge in [-0.2, -0.15) is 0 Å². The molecule has 0 bridgehead atoms. The molecule has 0 radical (unpaired) electrons. The Morgan fingerprint density at radius 1 is 1.20 bits per heavy atom. The zero-order valence-electron chi connectivity index (χ0n) is 13.5. The lowest BCUT2D eigenvalue weighted by Gasteiger charge is -2.28. The van der Waals surface area contributed by atoms with Gasteiger partial charge in [0.05, 0.1) is 6.61 Å². The van der Waals surface area contributed by atoms with Crippen molar-refractivity contribution < 1.29 is 4.74 Å². The second-order valence-corrected chi connectivity index (χ2v) is 5.06. The van der Waals surface area contributed by atoms with Crippen LogP contribution in [0.15, 0.2) is 24.3 Å². The van der Waals surface area contributed by atoms with E-state index in [9.17, 15) is 0 Å². The van der Waals surface area contributed by atoms with Gasteiger partial charge in [-0.3, -0.25) is 4.90 Å². The molecule has 0 fully saturated rings. The van der Waals surface area contributed by atoms with Crippen molar-refractivity contribution in [1.82, 2.24) is 10.2 Å². The fraction of sp³-hybridized carbons (Fsp3) is 0.647. The number of hydrogen-bond acceptors (Lipinski definition) is 3. The van der Waals surface area contributed by atoms with E-state index in [0.717, 1.165) is 39.4 Å². The third-order valence-corrected chi connectivity index (χ3v) is 3.66. The van der Waals surface area contributed by atoms with E-state index in [2.05, 4.69) is 55.3 Å². The van der Waals surface area contributed by atoms with Crippen LogP contribution in [0.4, 0.5) is 0 Å². The van der Waals surface area contributed by atoms with Crippen molar-refractivity contribution >= 4 is 0 Å². The van der Waals surface area contributed by atoms with Crippen molar-refractivity contribution in [2.24, 2.45) is 0 Å². The number of ether oxygens (including phenoxy) is 1. The number of nitrogens with one attached hydrogen (secondary N) is 1. The third-order valence-electron chi connectivity index (χ3n) is 3.66. The zero-order chi connectivity index (χ0) is 14.8. The van der Waals surface area contributed by atoms with Crippen LogP contribution in [0.5, 0.6) is 0 Å². The van der Waals surface area contributed by atoms with E-state index in [-0.39, 0.29) is 0 Å². The third kappa shape index (κ3) is 5.61. The van der Waals surface area contributed by atoms with Gasteiger partial charge >= 0.3 is 0 Å². The molecule has 3 nitrogen and oxygen atoms in total. The fourth-order valence-corrected chi connectivity index (χ4v) is 2.47. The zero-order valence-corrected chi connectivity index (χ0v) is 13.5. The Morgan fingerprint density at radius 3 is 2.55 bits per heavy atom. The molecule has 0 saturated heterocycles. The Balaban J connectivity index is 2.68. The van der Waals surface area contributed by atoms with Gasteiger partial charge in [-0.15, -0.1) is 0 Å². The van der Waals surface area contributed by atoms with Crippen LogP contribution in [0.2, 0.25) is 0 Å². The van der Waals surface area contributed by atoms with E-state index >= 15 is 0 Å². The van der Waals surface area contributed by atoms with E-state index < -0.39 is 0 Å². The summed E-state index contributed by atoms with van der Waals surface area (Å²) in [4.78, 5) is 2.45. The van der Waals surface area contributed by atoms with Crippen molar-refractivity contribution in [2.45, 2.75) is 33.7 Å². The molecule has 0 aliphatic rings. The maximum Gasteiger partial charge on any atom is 0.0593 e. The Kier molecular flexibility index (Phi) is 8.51. The molecule has 1 aromatic rings. The number of hydrogen-bond donors (Lipinski definition) is 1. The molecule has 1 unspecified atom stereocenters. The molecule has 0 amide bonds. The predicted molar refractivity (Wildman–Crippen MR) is 86.2 cm³/mol. The second kappa shape index (κ2) is 9.92. The van der Waals surface area contributed by atoms with E-state index in [0.29, 0.717) is 6.04 Å². The summed E-state index contributed by atoms with van der Waals surface area (Å²) < 4.78 is 5.47. The van der Waals surface area contributed by atoms with Crippen LogP contribution in [0.3, 0.4) is 0 Å². The second-order valence-electron chi connectivity index (χ2n) is 5.06. The summed E-state index contributed by atoms with van der Waals surface area (Å²) in [6.07, 6.45) is 0. The first-order valence-electron chi connectivity index (χ1n) is 7.81. The van der Waals surface area contributed by atoms with Crippen LogP contribution >= 0.6 is 0 Å². The topological polar surface area (TPSA) is 24.5 Å². The van der Waals surface area contributed by atoms with Crippen molar-refractivity contribution in [3.8, 4) is 0 Å². The van der Waals surface area contributed by atoms with E-state index in [1.807, 2.05) is 6.92 Å². The minimum atomic E-state index is 0.391. The number of aryl methyl sites for hydroxylation is 1. The van der Waals surface area contributed by atoms with Gasteiger partial charge < -0.3 is 10.1 Å². The predicted octanol–water partition coefficient (Wildman–Crippen LogP) is 3.00. The molecule has 0 saturated carbocycles. The largest absolute Gasteiger partial charge is 0.380 e. The first kappa shape index (κ1) is 17.2. The maximum absolute atomic E-state index is 5.47. The van der Waals surface area contributed by atoms with Crippen LogP contribution in [0.1, 0.15) is 37.9 Å². The van der Waals surface area contributed by atoms with Gasteiger partial charge in [0.2, 0.25) is 0 Å². The van der Waals surface area contributed by atoms with Crippen LogP contribution in [0.25, 0.3) is 0 Å². The SMILES string of the molecule is CCNC(CN(CC)CCOCC)c1ccccc1C. The Hall–Kier alpha value is -0.900. The summed E-state index contributed by atoms with van der Waals surface area (Å²) >= 11 is 0. The molecule has 0 aliphatic carbocycles. The van der Waals surface area contributed by atoms with Gasteiger partial charge in [0, 0.05) is 25.7 Å². The van der Waals surface area contributed by atoms with Crippen molar-refractivity contribution in [2.75, 3.05) is 39.4 Å². The fourth-order valence-electron chi connectivity index (χ4n) is 2.47. The summed E-state index contributed by atoms with van der Waals surface area (Å²) in [6, 6.07) is 9.05. The molecule has 0 aromatic heterocycles. The number of likely N-dealkylation sites (N-methyl/N-ethyl adjacent to an activating group) is 2. The number of benzene rings is 1. The molecule has 0 spiro atoms. The summed E-state index contributed by atoms with van der Waals surface area (Å²) in [5, 5.41) is 3.61. The van der Waals surface area contributed by atoms with Crippen molar-refractivity contribution in [3.05, 3.63) is 35.4 Å². The maximum atomic E-state index is 5.47. The Morgan fingerprint density at radius 2 is 1.95 bits per heavy atom.